The highest BCUT2D eigenvalue weighted by Gasteiger charge is 2.20. The lowest BCUT2D eigenvalue weighted by Gasteiger charge is -2.15. The Morgan fingerprint density at radius 2 is 1.90 bits per heavy atom. The van der Waals surface area contributed by atoms with Gasteiger partial charge >= 0.3 is 0 Å². The van der Waals surface area contributed by atoms with Crippen LogP contribution in [-0.2, 0) is 24.3 Å². The fourth-order valence-electron chi connectivity index (χ4n) is 5.22. The van der Waals surface area contributed by atoms with Gasteiger partial charge in [0.15, 0.2) is 0 Å². The molecule has 1 atom stereocenters. The summed E-state index contributed by atoms with van der Waals surface area (Å²) in [5, 5.41) is 8.94. The summed E-state index contributed by atoms with van der Waals surface area (Å²) in [6, 6.07) is 26.5. The molecule has 3 heterocycles. The predicted octanol–water partition coefficient (Wildman–Crippen LogP) is 6.77. The van der Waals surface area contributed by atoms with Gasteiger partial charge in [0.1, 0.15) is 18.2 Å². The molecule has 6 nitrogen and oxygen atoms in total. The summed E-state index contributed by atoms with van der Waals surface area (Å²) < 4.78 is 28.3. The van der Waals surface area contributed by atoms with Gasteiger partial charge in [-0.2, -0.15) is 5.26 Å². The number of nitrogens with zero attached hydrogens (tertiary/aromatic N) is 4. The van der Waals surface area contributed by atoms with E-state index in [2.05, 4.69) is 52.9 Å². The zero-order chi connectivity index (χ0) is 27.5. The molecule has 1 saturated heterocycles. The minimum Gasteiger partial charge on any atom is -0.473 e. The van der Waals surface area contributed by atoms with Crippen molar-refractivity contribution >= 4 is 11.0 Å². The largest absolute Gasteiger partial charge is 0.473 e. The third-order valence-electron chi connectivity index (χ3n) is 7.41. The molecule has 0 amide bonds. The molecule has 1 aliphatic heterocycles. The van der Waals surface area contributed by atoms with Crippen molar-refractivity contribution in [2.75, 3.05) is 6.61 Å². The van der Waals surface area contributed by atoms with Gasteiger partial charge in [0.25, 0.3) is 0 Å². The van der Waals surface area contributed by atoms with Gasteiger partial charge in [-0.25, -0.2) is 14.4 Å². The standard InChI is InChI=1S/C33H29FN4O2/c1-22-16-25(29-8-4-10-33(37-29)40-21-26-12-11-23(19-35)17-28(26)34)14-13-24(22)18-32-36-30-7-2-3-9-31(30)38(32)20-27-6-5-15-39-27/h2-4,7-14,16-17,27H,5-6,15,18,20-21H2,1H3. The maximum Gasteiger partial charge on any atom is 0.214 e. The number of nitriles is 1. The third-order valence-corrected chi connectivity index (χ3v) is 7.41. The van der Waals surface area contributed by atoms with E-state index < -0.39 is 5.82 Å². The highest BCUT2D eigenvalue weighted by Crippen LogP contribution is 2.27. The van der Waals surface area contributed by atoms with Crippen LogP contribution in [0.4, 0.5) is 4.39 Å². The molecule has 3 aromatic carbocycles. The van der Waals surface area contributed by atoms with Gasteiger partial charge in [-0.1, -0.05) is 36.4 Å². The first-order valence-electron chi connectivity index (χ1n) is 13.5. The highest BCUT2D eigenvalue weighted by atomic mass is 19.1. The van der Waals surface area contributed by atoms with Crippen LogP contribution in [-0.4, -0.2) is 27.2 Å². The molecule has 0 saturated carbocycles. The molecule has 0 bridgehead atoms. The minimum absolute atomic E-state index is 0.0266. The van der Waals surface area contributed by atoms with Crippen molar-refractivity contribution in [3.8, 4) is 23.2 Å². The molecule has 7 heteroatoms. The van der Waals surface area contributed by atoms with Crippen LogP contribution in [0.25, 0.3) is 22.3 Å². The molecule has 200 valence electrons. The molecular weight excluding hydrogens is 503 g/mol. The molecule has 40 heavy (non-hydrogen) atoms. The number of pyridine rings is 1. The summed E-state index contributed by atoms with van der Waals surface area (Å²) >= 11 is 0. The van der Waals surface area contributed by atoms with Gasteiger partial charge in [-0.15, -0.1) is 0 Å². The highest BCUT2D eigenvalue weighted by molar-refractivity contribution is 5.76. The molecule has 0 N–H and O–H groups in total. The van der Waals surface area contributed by atoms with Gasteiger partial charge in [0.05, 0.1) is 41.0 Å². The average Bonchev–Trinajstić information content (AvgIpc) is 3.62. The second kappa shape index (κ2) is 11.3. The van der Waals surface area contributed by atoms with Gasteiger partial charge in [-0.3, -0.25) is 0 Å². The van der Waals surface area contributed by atoms with Crippen molar-refractivity contribution in [1.82, 2.24) is 14.5 Å². The lowest BCUT2D eigenvalue weighted by atomic mass is 10.0. The molecule has 0 spiro atoms. The molecule has 1 fully saturated rings. The number of hydrogen-bond donors (Lipinski definition) is 0. The summed E-state index contributed by atoms with van der Waals surface area (Å²) in [7, 11) is 0. The molecule has 5 aromatic rings. The summed E-state index contributed by atoms with van der Waals surface area (Å²) in [6.07, 6.45) is 3.14. The fourth-order valence-corrected chi connectivity index (χ4v) is 5.22. The number of fused-ring (bicyclic) bond motifs is 1. The Morgan fingerprint density at radius 1 is 1.02 bits per heavy atom. The molecule has 6 rings (SSSR count). The monoisotopic (exact) mass is 532 g/mol. The lowest BCUT2D eigenvalue weighted by Crippen LogP contribution is -2.17. The number of ether oxygens (including phenoxy) is 2. The third kappa shape index (κ3) is 5.45. The van der Waals surface area contributed by atoms with Crippen LogP contribution in [0.15, 0.2) is 78.9 Å². The average molecular weight is 533 g/mol. The normalized spacial score (nSPS) is 14.9. The summed E-state index contributed by atoms with van der Waals surface area (Å²) in [4.78, 5) is 9.63. The minimum atomic E-state index is -0.467. The zero-order valence-corrected chi connectivity index (χ0v) is 22.3. The van der Waals surface area contributed by atoms with E-state index >= 15 is 0 Å². The number of halogens is 1. The Morgan fingerprint density at radius 3 is 2.70 bits per heavy atom. The van der Waals surface area contributed by atoms with Crippen LogP contribution in [0.1, 0.15) is 40.9 Å². The maximum absolute atomic E-state index is 14.2. The first kappa shape index (κ1) is 25.7. The number of rotatable bonds is 8. The van der Waals surface area contributed by atoms with Crippen LogP contribution in [0.3, 0.4) is 0 Å². The van der Waals surface area contributed by atoms with Crippen molar-refractivity contribution in [3.63, 3.8) is 0 Å². The SMILES string of the molecule is Cc1cc(-c2cccc(OCc3ccc(C#N)cc3F)n2)ccc1Cc1nc2ccccc2n1CC1CCCO1. The van der Waals surface area contributed by atoms with Crippen molar-refractivity contribution in [1.29, 1.82) is 5.26 Å². The number of hydrogen-bond acceptors (Lipinski definition) is 5. The van der Waals surface area contributed by atoms with Gasteiger partial charge < -0.3 is 14.0 Å². The Hall–Kier alpha value is -4.54. The Kier molecular flexibility index (Phi) is 7.26. The maximum atomic E-state index is 14.2. The zero-order valence-electron chi connectivity index (χ0n) is 22.3. The van der Waals surface area contributed by atoms with Crippen molar-refractivity contribution < 1.29 is 13.9 Å². The number of aromatic nitrogens is 3. The first-order valence-corrected chi connectivity index (χ1v) is 13.5. The molecule has 0 radical (unpaired) electrons. The van der Waals surface area contributed by atoms with E-state index in [0.717, 1.165) is 66.1 Å². The summed E-state index contributed by atoms with van der Waals surface area (Å²) in [5.41, 5.74) is 6.91. The number of benzene rings is 3. The van der Waals surface area contributed by atoms with Crippen LogP contribution >= 0.6 is 0 Å². The predicted molar refractivity (Wildman–Crippen MR) is 151 cm³/mol. The van der Waals surface area contributed by atoms with Gasteiger partial charge in [-0.05, 0) is 67.3 Å². The van der Waals surface area contributed by atoms with E-state index in [0.29, 0.717) is 11.4 Å². The lowest BCUT2D eigenvalue weighted by molar-refractivity contribution is 0.0973. The van der Waals surface area contributed by atoms with Gasteiger partial charge in [0, 0.05) is 30.2 Å². The smallest absolute Gasteiger partial charge is 0.214 e. The van der Waals surface area contributed by atoms with Gasteiger partial charge in [0.2, 0.25) is 5.88 Å². The molecule has 0 aliphatic carbocycles. The first-order chi connectivity index (χ1) is 19.6. The molecule has 1 unspecified atom stereocenters. The van der Waals surface area contributed by atoms with Crippen molar-refractivity contribution in [3.05, 3.63) is 113 Å². The van der Waals surface area contributed by atoms with E-state index in [-0.39, 0.29) is 18.3 Å². The van der Waals surface area contributed by atoms with E-state index in [9.17, 15) is 4.39 Å². The van der Waals surface area contributed by atoms with E-state index in [1.54, 1.807) is 18.2 Å². The number of para-hydroxylation sites is 2. The second-order valence-corrected chi connectivity index (χ2v) is 10.1. The van der Waals surface area contributed by atoms with E-state index in [4.69, 9.17) is 19.7 Å². The van der Waals surface area contributed by atoms with Crippen LogP contribution in [0.5, 0.6) is 5.88 Å². The number of imidazole rings is 1. The number of aryl methyl sites for hydroxylation is 1. The van der Waals surface area contributed by atoms with E-state index in [1.807, 2.05) is 24.3 Å². The second-order valence-electron chi connectivity index (χ2n) is 10.1. The summed E-state index contributed by atoms with van der Waals surface area (Å²) in [5.74, 6) is 0.979. The molecular formula is C33H29FN4O2. The fraction of sp³-hybridized carbons (Fsp3) is 0.242. The Labute approximate surface area is 232 Å². The van der Waals surface area contributed by atoms with Crippen molar-refractivity contribution in [2.45, 2.75) is 45.4 Å². The Balaban J connectivity index is 1.20. The van der Waals surface area contributed by atoms with E-state index in [1.165, 1.54) is 11.6 Å². The molecule has 2 aromatic heterocycles. The van der Waals surface area contributed by atoms with Crippen LogP contribution in [0, 0.1) is 24.1 Å². The topological polar surface area (TPSA) is 73.0 Å². The van der Waals surface area contributed by atoms with Crippen molar-refractivity contribution in [2.24, 2.45) is 0 Å². The van der Waals surface area contributed by atoms with Crippen LogP contribution in [0.2, 0.25) is 0 Å². The Bertz CT molecular complexity index is 1720. The molecule has 1 aliphatic rings. The van der Waals surface area contributed by atoms with Crippen LogP contribution < -0.4 is 4.74 Å². The summed E-state index contributed by atoms with van der Waals surface area (Å²) in [6.45, 7) is 3.79. The quantitative estimate of drug-likeness (QED) is 0.221.